The van der Waals surface area contributed by atoms with Crippen molar-refractivity contribution in [2.24, 2.45) is 0 Å². The average Bonchev–Trinajstić information content (AvgIpc) is 1.61. The van der Waals surface area contributed by atoms with Gasteiger partial charge in [0.1, 0.15) is 0 Å². The molecule has 0 aromatic carbocycles. The summed E-state index contributed by atoms with van der Waals surface area (Å²) < 4.78 is -1.77. The van der Waals surface area contributed by atoms with Crippen LogP contribution in [0.25, 0.3) is 0 Å². The number of halogens is 1. The molecule has 0 bridgehead atoms. The average molecular weight is 288 g/mol. The molecule has 0 nitrogen and oxygen atoms in total. The second-order valence-electron chi connectivity index (χ2n) is 2.98. The standard InChI is InChI=1S/C6H16BIP2/c1-3-5-10(7,8,9)6-4-2/h3-6,9H2,1-2H3. The summed E-state index contributed by atoms with van der Waals surface area (Å²) in [5.74, 6) is 0. The van der Waals surface area contributed by atoms with Gasteiger partial charge in [-0.2, -0.15) is 0 Å². The van der Waals surface area contributed by atoms with Gasteiger partial charge in [0.2, 0.25) is 0 Å². The van der Waals surface area contributed by atoms with Crippen LogP contribution in [0.5, 0.6) is 0 Å². The quantitative estimate of drug-likeness (QED) is 0.421. The van der Waals surface area contributed by atoms with Crippen molar-refractivity contribution in [2.45, 2.75) is 26.7 Å². The third-order valence-corrected chi connectivity index (χ3v) is 8.79. The first kappa shape index (κ1) is 11.7. The van der Waals surface area contributed by atoms with Crippen molar-refractivity contribution in [3.05, 3.63) is 0 Å². The molecule has 1 atom stereocenters. The Morgan fingerprint density at radius 3 is 1.80 bits per heavy atom. The predicted octanol–water partition coefficient (Wildman–Crippen LogP) is 3.58. The maximum atomic E-state index is 6.26. The zero-order valence-electron chi connectivity index (χ0n) is 6.81. The van der Waals surface area contributed by atoms with Crippen molar-refractivity contribution in [3.8, 4) is 0 Å². The van der Waals surface area contributed by atoms with Crippen LogP contribution in [0.15, 0.2) is 0 Å². The predicted molar refractivity (Wildman–Crippen MR) is 66.7 cm³/mol. The van der Waals surface area contributed by atoms with Gasteiger partial charge in [0, 0.05) is 0 Å². The van der Waals surface area contributed by atoms with Crippen molar-refractivity contribution in [3.63, 3.8) is 0 Å². The molecule has 0 aliphatic carbocycles. The van der Waals surface area contributed by atoms with Gasteiger partial charge in [-0.1, -0.05) is 0 Å². The first-order valence-electron chi connectivity index (χ1n) is 3.73. The molecule has 0 N–H and O–H groups in total. The van der Waals surface area contributed by atoms with E-state index in [4.69, 9.17) is 7.57 Å². The first-order chi connectivity index (χ1) is 4.39. The zero-order chi connectivity index (χ0) is 8.28. The van der Waals surface area contributed by atoms with Crippen LogP contribution in [-0.4, -0.2) is 19.9 Å². The molecule has 0 heterocycles. The van der Waals surface area contributed by atoms with Crippen LogP contribution in [0.3, 0.4) is 0 Å². The number of rotatable bonds is 4. The minimum absolute atomic E-state index is 1.20. The van der Waals surface area contributed by atoms with E-state index in [0.29, 0.717) is 0 Å². The van der Waals surface area contributed by atoms with Gasteiger partial charge in [0.25, 0.3) is 0 Å². The van der Waals surface area contributed by atoms with E-state index in [1.54, 1.807) is 0 Å². The second-order valence-corrected chi connectivity index (χ2v) is 21.4. The molecule has 0 aliphatic heterocycles. The maximum absolute atomic E-state index is 6.26. The Morgan fingerprint density at radius 2 is 1.60 bits per heavy atom. The fourth-order valence-corrected chi connectivity index (χ4v) is 7.78. The molecule has 0 aromatic rings. The van der Waals surface area contributed by atoms with Crippen molar-refractivity contribution >= 4 is 42.3 Å². The number of hydrogen-bond acceptors (Lipinski definition) is 0. The van der Waals surface area contributed by atoms with Gasteiger partial charge in [-0.05, 0) is 0 Å². The van der Waals surface area contributed by atoms with E-state index in [-0.39, 0.29) is 0 Å². The van der Waals surface area contributed by atoms with Crippen molar-refractivity contribution in [1.82, 2.24) is 0 Å². The van der Waals surface area contributed by atoms with E-state index in [1.807, 2.05) is 0 Å². The molecule has 60 valence electrons. The van der Waals surface area contributed by atoms with Crippen LogP contribution in [0.2, 0.25) is 0 Å². The van der Waals surface area contributed by atoms with E-state index in [9.17, 15) is 0 Å². The van der Waals surface area contributed by atoms with Gasteiger partial charge in [0.15, 0.2) is 0 Å². The summed E-state index contributed by atoms with van der Waals surface area (Å²) >= 11 is 2.48. The Hall–Kier alpha value is 1.65. The van der Waals surface area contributed by atoms with E-state index in [0.717, 1.165) is 0 Å². The molecule has 0 aliphatic rings. The van der Waals surface area contributed by atoms with E-state index >= 15 is 0 Å². The van der Waals surface area contributed by atoms with Crippen LogP contribution in [-0.2, 0) is 0 Å². The second kappa shape index (κ2) is 4.05. The zero-order valence-corrected chi connectivity index (χ0v) is 11.0. The van der Waals surface area contributed by atoms with Gasteiger partial charge in [-0.25, -0.2) is 0 Å². The Kier molecular flexibility index (Phi) is 4.72. The SMILES string of the molecule is [B]P(P)(I)(CCC)CCC. The summed E-state index contributed by atoms with van der Waals surface area (Å²) in [6.45, 7) is 4.40. The molecule has 0 rings (SSSR count). The fourth-order valence-electron chi connectivity index (χ4n) is 1.11. The van der Waals surface area contributed by atoms with Crippen molar-refractivity contribution in [1.29, 1.82) is 0 Å². The fraction of sp³-hybridized carbons (Fsp3) is 1.00. The van der Waals surface area contributed by atoms with Crippen LogP contribution >= 0.6 is 34.8 Å². The molecular formula is C6H16BIP2. The summed E-state index contributed by atoms with van der Waals surface area (Å²) in [7, 11) is 9.17. The molecular weight excluding hydrogens is 272 g/mol. The molecule has 0 saturated carbocycles. The van der Waals surface area contributed by atoms with Crippen molar-refractivity contribution in [2.75, 3.05) is 12.3 Å². The Balaban J connectivity index is 3.97. The van der Waals surface area contributed by atoms with Crippen molar-refractivity contribution < 1.29 is 0 Å². The molecule has 0 fully saturated rings. The minimum atomic E-state index is -1.77. The molecule has 0 amide bonds. The van der Waals surface area contributed by atoms with Crippen LogP contribution in [0, 0.1) is 0 Å². The van der Waals surface area contributed by atoms with Gasteiger partial charge < -0.3 is 0 Å². The monoisotopic (exact) mass is 288 g/mol. The summed E-state index contributed by atoms with van der Waals surface area (Å²) in [4.78, 5) is 0. The summed E-state index contributed by atoms with van der Waals surface area (Å²) in [5, 5.41) is 0. The van der Waals surface area contributed by atoms with E-state index in [1.165, 1.54) is 25.2 Å². The topological polar surface area (TPSA) is 0 Å². The van der Waals surface area contributed by atoms with Gasteiger partial charge in [-0.15, -0.1) is 0 Å². The van der Waals surface area contributed by atoms with Crippen LogP contribution < -0.4 is 0 Å². The molecule has 2 radical (unpaired) electrons. The van der Waals surface area contributed by atoms with Crippen LogP contribution in [0.4, 0.5) is 0 Å². The summed E-state index contributed by atoms with van der Waals surface area (Å²) in [6, 6.07) is 0. The van der Waals surface area contributed by atoms with Gasteiger partial charge >= 0.3 is 81.4 Å². The normalized spacial score (nSPS) is 16.2. The molecule has 10 heavy (non-hydrogen) atoms. The Bertz CT molecular complexity index is 98.1. The molecule has 0 saturated heterocycles. The molecule has 0 spiro atoms. The summed E-state index contributed by atoms with van der Waals surface area (Å²) in [5.41, 5.74) is 0. The Labute approximate surface area is 81.2 Å². The summed E-state index contributed by atoms with van der Waals surface area (Å²) in [6.07, 6.45) is 4.82. The first-order valence-corrected chi connectivity index (χ1v) is 10.8. The number of hydrogen-bond donors (Lipinski definition) is 0. The van der Waals surface area contributed by atoms with E-state index in [2.05, 4.69) is 44.8 Å². The third kappa shape index (κ3) is 5.32. The van der Waals surface area contributed by atoms with E-state index < -0.39 is 3.81 Å². The van der Waals surface area contributed by atoms with Gasteiger partial charge in [0.05, 0.1) is 0 Å². The molecule has 4 heteroatoms. The van der Waals surface area contributed by atoms with Gasteiger partial charge in [-0.3, -0.25) is 0 Å². The molecule has 0 aromatic heterocycles. The Morgan fingerprint density at radius 1 is 1.30 bits per heavy atom. The molecule has 1 unspecified atom stereocenters. The van der Waals surface area contributed by atoms with Crippen LogP contribution in [0.1, 0.15) is 26.7 Å². The third-order valence-electron chi connectivity index (χ3n) is 1.45.